The van der Waals surface area contributed by atoms with E-state index in [0.29, 0.717) is 22.5 Å². The van der Waals surface area contributed by atoms with Crippen LogP contribution in [0.5, 0.6) is 0 Å². The third-order valence-electron chi connectivity index (χ3n) is 6.05. The molecule has 1 N–H and O–H groups in total. The number of hydrogen-bond acceptors (Lipinski definition) is 3. The number of nitrogens with one attached hydrogen (secondary N) is 1. The van der Waals surface area contributed by atoms with Crippen molar-refractivity contribution in [3.63, 3.8) is 0 Å². The minimum atomic E-state index is -0.786. The van der Waals surface area contributed by atoms with Gasteiger partial charge in [0.2, 0.25) is 0 Å². The molecule has 2 heterocycles. The number of anilines is 1. The zero-order chi connectivity index (χ0) is 25.2. The molecule has 0 saturated carbocycles. The van der Waals surface area contributed by atoms with Crippen LogP contribution in [0.25, 0.3) is 5.69 Å². The molecule has 3 aromatic carbocycles. The number of urea groups is 1. The van der Waals surface area contributed by atoms with E-state index < -0.39 is 29.7 Å². The molecule has 182 valence electrons. The molecule has 36 heavy (non-hydrogen) atoms. The summed E-state index contributed by atoms with van der Waals surface area (Å²) in [6.07, 6.45) is 1.86. The molecule has 0 radical (unpaired) electrons. The number of nitrogens with zero attached hydrogens (tertiary/aromatic N) is 2. The van der Waals surface area contributed by atoms with Gasteiger partial charge in [-0.05, 0) is 66.6 Å². The summed E-state index contributed by atoms with van der Waals surface area (Å²) < 4.78 is 35.6. The molecule has 0 fully saturated rings. The first-order chi connectivity index (χ1) is 17.4. The van der Waals surface area contributed by atoms with E-state index in [1.54, 1.807) is 25.1 Å². The number of carbonyl (C=O) groups is 2. The Hall–Kier alpha value is -4.46. The minimum absolute atomic E-state index is 0.185. The van der Waals surface area contributed by atoms with Gasteiger partial charge >= 0.3 is 12.0 Å². The summed E-state index contributed by atoms with van der Waals surface area (Å²) in [6, 6.07) is 19.7. The van der Waals surface area contributed by atoms with E-state index in [1.807, 2.05) is 47.2 Å². The monoisotopic (exact) mass is 487 g/mol. The third-order valence-corrected chi connectivity index (χ3v) is 6.05. The largest absolute Gasteiger partial charge is 0.462 e. The van der Waals surface area contributed by atoms with E-state index in [4.69, 9.17) is 4.74 Å². The lowest BCUT2D eigenvalue weighted by atomic mass is 10.0. The van der Waals surface area contributed by atoms with Gasteiger partial charge in [-0.2, -0.15) is 0 Å². The highest BCUT2D eigenvalue weighted by atomic mass is 19.1. The van der Waals surface area contributed by atoms with Crippen LogP contribution in [0.1, 0.15) is 40.1 Å². The first kappa shape index (κ1) is 23.3. The van der Waals surface area contributed by atoms with Crippen molar-refractivity contribution in [2.24, 2.45) is 0 Å². The summed E-state index contributed by atoms with van der Waals surface area (Å²) in [4.78, 5) is 27.4. The molecule has 4 aromatic rings. The summed E-state index contributed by atoms with van der Waals surface area (Å²) in [5.74, 6) is -1.96. The number of fused-ring (bicyclic) bond motifs is 3. The van der Waals surface area contributed by atoms with Crippen LogP contribution in [-0.4, -0.2) is 28.1 Å². The van der Waals surface area contributed by atoms with Crippen molar-refractivity contribution in [2.75, 3.05) is 11.9 Å². The maximum Gasteiger partial charge on any atom is 0.338 e. The molecule has 8 heteroatoms. The SMILES string of the molecule is CCOC(=O)c1cccc(NC(=O)N2Cc3ccccc3-n3cccc3C2c2cc(F)cc(F)c2)c1. The number of carbonyl (C=O) groups excluding carboxylic acids is 2. The number of hydrogen-bond donors (Lipinski definition) is 1. The number of benzene rings is 3. The number of rotatable bonds is 4. The van der Waals surface area contributed by atoms with Crippen LogP contribution in [0.3, 0.4) is 0 Å². The second-order valence-corrected chi connectivity index (χ2v) is 8.40. The van der Waals surface area contributed by atoms with Crippen molar-refractivity contribution in [2.45, 2.75) is 19.5 Å². The maximum absolute atomic E-state index is 14.3. The van der Waals surface area contributed by atoms with Crippen molar-refractivity contribution < 1.29 is 23.1 Å². The normalized spacial score (nSPS) is 14.4. The zero-order valence-electron chi connectivity index (χ0n) is 19.4. The molecule has 0 bridgehead atoms. The van der Waals surface area contributed by atoms with Crippen LogP contribution in [0, 0.1) is 11.6 Å². The van der Waals surface area contributed by atoms with Gasteiger partial charge in [-0.25, -0.2) is 18.4 Å². The molecule has 0 saturated heterocycles. The summed E-state index contributed by atoms with van der Waals surface area (Å²) in [5.41, 5.74) is 3.41. The Labute approximate surface area is 206 Å². The molecular weight excluding hydrogens is 464 g/mol. The van der Waals surface area contributed by atoms with Crippen LogP contribution in [-0.2, 0) is 11.3 Å². The van der Waals surface area contributed by atoms with E-state index in [0.717, 1.165) is 17.3 Å². The average Bonchev–Trinajstić information content (AvgIpc) is 3.28. The van der Waals surface area contributed by atoms with Crippen molar-refractivity contribution >= 4 is 17.7 Å². The minimum Gasteiger partial charge on any atom is -0.462 e. The lowest BCUT2D eigenvalue weighted by Gasteiger charge is -2.31. The summed E-state index contributed by atoms with van der Waals surface area (Å²) in [7, 11) is 0. The fourth-order valence-electron chi connectivity index (χ4n) is 4.56. The first-order valence-electron chi connectivity index (χ1n) is 11.5. The van der Waals surface area contributed by atoms with Crippen molar-refractivity contribution in [1.29, 1.82) is 0 Å². The highest BCUT2D eigenvalue weighted by Crippen LogP contribution is 2.37. The van der Waals surface area contributed by atoms with E-state index in [2.05, 4.69) is 5.32 Å². The van der Waals surface area contributed by atoms with Gasteiger partial charge in [0, 0.05) is 23.6 Å². The first-order valence-corrected chi connectivity index (χ1v) is 11.5. The number of esters is 1. The van der Waals surface area contributed by atoms with Gasteiger partial charge in [0.15, 0.2) is 0 Å². The van der Waals surface area contributed by atoms with Gasteiger partial charge < -0.3 is 19.5 Å². The Kier molecular flexibility index (Phi) is 6.25. The fraction of sp³-hybridized carbons (Fsp3) is 0.143. The fourth-order valence-corrected chi connectivity index (χ4v) is 4.56. The Morgan fingerprint density at radius 2 is 1.75 bits per heavy atom. The Morgan fingerprint density at radius 1 is 0.972 bits per heavy atom. The topological polar surface area (TPSA) is 63.6 Å². The molecule has 1 aliphatic heterocycles. The van der Waals surface area contributed by atoms with E-state index >= 15 is 0 Å². The highest BCUT2D eigenvalue weighted by Gasteiger charge is 2.33. The second kappa shape index (κ2) is 9.65. The predicted molar refractivity (Wildman–Crippen MR) is 131 cm³/mol. The Bertz CT molecular complexity index is 1430. The number of para-hydroxylation sites is 1. The van der Waals surface area contributed by atoms with Crippen molar-refractivity contribution in [3.05, 3.63) is 119 Å². The van der Waals surface area contributed by atoms with Gasteiger partial charge in [-0.3, -0.25) is 0 Å². The predicted octanol–water partition coefficient (Wildman–Crippen LogP) is 6.07. The maximum atomic E-state index is 14.3. The Morgan fingerprint density at radius 3 is 2.53 bits per heavy atom. The molecule has 2 amide bonds. The van der Waals surface area contributed by atoms with Crippen molar-refractivity contribution in [1.82, 2.24) is 9.47 Å². The standard InChI is InChI=1S/C28H23F2N3O3/c1-2-36-27(34)18-8-5-9-23(15-18)31-28(35)33-17-19-7-3-4-10-24(19)32-12-6-11-25(32)26(33)20-13-21(29)16-22(30)14-20/h3-16,26H,2,17H2,1H3,(H,31,35). The summed E-state index contributed by atoms with van der Waals surface area (Å²) in [5, 5.41) is 2.84. The average molecular weight is 488 g/mol. The second-order valence-electron chi connectivity index (χ2n) is 8.40. The molecule has 5 rings (SSSR count). The molecule has 0 spiro atoms. The van der Waals surface area contributed by atoms with Gasteiger partial charge in [-0.15, -0.1) is 0 Å². The highest BCUT2D eigenvalue weighted by molar-refractivity contribution is 5.94. The third kappa shape index (κ3) is 4.45. The van der Waals surface area contributed by atoms with Gasteiger partial charge in [0.1, 0.15) is 11.6 Å². The molecule has 1 atom stereocenters. The zero-order valence-corrected chi connectivity index (χ0v) is 19.4. The molecule has 1 aliphatic rings. The molecular formula is C28H23F2N3O3. The Balaban J connectivity index is 1.58. The lowest BCUT2D eigenvalue weighted by molar-refractivity contribution is 0.0526. The van der Waals surface area contributed by atoms with Crippen LogP contribution in [0.4, 0.5) is 19.3 Å². The van der Waals surface area contributed by atoms with Crippen LogP contribution < -0.4 is 5.32 Å². The van der Waals surface area contributed by atoms with Crippen LogP contribution in [0.2, 0.25) is 0 Å². The summed E-state index contributed by atoms with van der Waals surface area (Å²) >= 11 is 0. The molecule has 6 nitrogen and oxygen atoms in total. The molecule has 1 unspecified atom stereocenters. The molecule has 1 aromatic heterocycles. The van der Waals surface area contributed by atoms with Gasteiger partial charge in [-0.1, -0.05) is 24.3 Å². The van der Waals surface area contributed by atoms with E-state index in [9.17, 15) is 18.4 Å². The smallest absolute Gasteiger partial charge is 0.338 e. The quantitative estimate of drug-likeness (QED) is 0.356. The number of ether oxygens (including phenoxy) is 1. The van der Waals surface area contributed by atoms with E-state index in [-0.39, 0.29) is 13.2 Å². The van der Waals surface area contributed by atoms with Crippen molar-refractivity contribution in [3.8, 4) is 5.69 Å². The van der Waals surface area contributed by atoms with Gasteiger partial charge in [0.05, 0.1) is 30.4 Å². The molecule has 0 aliphatic carbocycles. The van der Waals surface area contributed by atoms with Gasteiger partial charge in [0.25, 0.3) is 0 Å². The number of halogens is 2. The number of amides is 2. The lowest BCUT2D eigenvalue weighted by Crippen LogP contribution is -2.38. The van der Waals surface area contributed by atoms with Crippen LogP contribution in [0.15, 0.2) is 85.1 Å². The van der Waals surface area contributed by atoms with Crippen LogP contribution >= 0.6 is 0 Å². The summed E-state index contributed by atoms with van der Waals surface area (Å²) in [6.45, 7) is 2.13. The van der Waals surface area contributed by atoms with E-state index in [1.165, 1.54) is 23.1 Å². The number of aromatic nitrogens is 1.